The quantitative estimate of drug-likeness (QED) is 0.745. The summed E-state index contributed by atoms with van der Waals surface area (Å²) in [5, 5.41) is 8.89. The average molecular weight is 289 g/mol. The van der Waals surface area contributed by atoms with Crippen molar-refractivity contribution in [1.29, 1.82) is 5.26 Å². The van der Waals surface area contributed by atoms with Gasteiger partial charge in [-0.15, -0.1) is 12.3 Å². The third-order valence-corrected chi connectivity index (χ3v) is 3.14. The van der Waals surface area contributed by atoms with Crippen LogP contribution in [0.4, 0.5) is 5.69 Å². The number of nitrogens with zero attached hydrogens (tertiary/aromatic N) is 2. The van der Waals surface area contributed by atoms with Crippen molar-refractivity contribution in [2.24, 2.45) is 5.92 Å². The Morgan fingerprint density at radius 2 is 2.24 bits per heavy atom. The molecular formula is C13H9BrN2O. The molecule has 1 aromatic carbocycles. The molecule has 4 heteroatoms. The highest BCUT2D eigenvalue weighted by molar-refractivity contribution is 9.10. The Morgan fingerprint density at radius 3 is 2.82 bits per heavy atom. The molecule has 0 aliphatic carbocycles. The zero-order valence-corrected chi connectivity index (χ0v) is 10.6. The molecule has 1 amide bonds. The van der Waals surface area contributed by atoms with Crippen molar-refractivity contribution in [3.8, 4) is 18.4 Å². The van der Waals surface area contributed by atoms with Crippen LogP contribution in [-0.2, 0) is 4.79 Å². The van der Waals surface area contributed by atoms with Gasteiger partial charge < -0.3 is 4.90 Å². The Morgan fingerprint density at radius 1 is 1.47 bits per heavy atom. The SMILES string of the molecule is C#CC1CC(=O)N(c2cc(Br)cc(C#N)c2)C1. The smallest absolute Gasteiger partial charge is 0.228 e. The number of terminal acetylenes is 1. The standard InChI is InChI=1S/C13H9BrN2O/c1-2-9-5-13(17)16(8-9)12-4-10(7-15)3-11(14)6-12/h1,3-4,6,9H,5,8H2. The second-order valence-corrected chi connectivity index (χ2v) is 4.80. The molecule has 0 spiro atoms. The van der Waals surface area contributed by atoms with Gasteiger partial charge in [-0.05, 0) is 18.2 Å². The van der Waals surface area contributed by atoms with E-state index in [-0.39, 0.29) is 11.8 Å². The molecule has 2 rings (SSSR count). The normalized spacial score (nSPS) is 18.9. The van der Waals surface area contributed by atoms with Crippen molar-refractivity contribution in [3.63, 3.8) is 0 Å². The van der Waals surface area contributed by atoms with Crippen LogP contribution < -0.4 is 4.90 Å². The van der Waals surface area contributed by atoms with E-state index >= 15 is 0 Å². The summed E-state index contributed by atoms with van der Waals surface area (Å²) in [5.41, 5.74) is 1.24. The molecule has 17 heavy (non-hydrogen) atoms. The minimum absolute atomic E-state index is 0.00920. The van der Waals surface area contributed by atoms with Crippen molar-refractivity contribution in [3.05, 3.63) is 28.2 Å². The van der Waals surface area contributed by atoms with E-state index in [1.807, 2.05) is 6.07 Å². The number of anilines is 1. The molecule has 0 bridgehead atoms. The van der Waals surface area contributed by atoms with E-state index in [0.717, 1.165) is 10.2 Å². The van der Waals surface area contributed by atoms with E-state index in [2.05, 4.69) is 27.9 Å². The number of carbonyl (C=O) groups excluding carboxylic acids is 1. The first-order valence-electron chi connectivity index (χ1n) is 5.11. The minimum atomic E-state index is -0.0352. The van der Waals surface area contributed by atoms with Gasteiger partial charge in [0.1, 0.15) is 0 Å². The summed E-state index contributed by atoms with van der Waals surface area (Å²) in [6, 6.07) is 7.29. The molecule has 1 atom stereocenters. The number of hydrogen-bond acceptors (Lipinski definition) is 2. The summed E-state index contributed by atoms with van der Waals surface area (Å²) < 4.78 is 0.781. The second kappa shape index (κ2) is 4.61. The summed E-state index contributed by atoms with van der Waals surface area (Å²) >= 11 is 3.32. The summed E-state index contributed by atoms with van der Waals surface area (Å²) in [6.07, 6.45) is 5.71. The Labute approximate surface area is 108 Å². The van der Waals surface area contributed by atoms with Gasteiger partial charge in [-0.1, -0.05) is 15.9 Å². The van der Waals surface area contributed by atoms with Gasteiger partial charge in [0, 0.05) is 29.0 Å². The first-order valence-corrected chi connectivity index (χ1v) is 5.90. The predicted molar refractivity (Wildman–Crippen MR) is 68.2 cm³/mol. The molecule has 1 unspecified atom stereocenters. The van der Waals surface area contributed by atoms with Crippen molar-refractivity contribution in [2.75, 3.05) is 11.4 Å². The number of rotatable bonds is 1. The monoisotopic (exact) mass is 288 g/mol. The van der Waals surface area contributed by atoms with E-state index in [1.54, 1.807) is 17.0 Å². The first kappa shape index (κ1) is 11.7. The molecule has 3 nitrogen and oxygen atoms in total. The van der Waals surface area contributed by atoms with Crippen LogP contribution in [0.25, 0.3) is 0 Å². The van der Waals surface area contributed by atoms with Crippen LogP contribution in [0, 0.1) is 29.6 Å². The molecule has 0 aromatic heterocycles. The Kier molecular flexibility index (Phi) is 3.17. The van der Waals surface area contributed by atoms with Gasteiger partial charge in [0.25, 0.3) is 0 Å². The van der Waals surface area contributed by atoms with E-state index in [1.165, 1.54) is 0 Å². The fraction of sp³-hybridized carbons (Fsp3) is 0.231. The van der Waals surface area contributed by atoms with E-state index < -0.39 is 0 Å². The highest BCUT2D eigenvalue weighted by atomic mass is 79.9. The zero-order chi connectivity index (χ0) is 12.4. The van der Waals surface area contributed by atoms with Crippen molar-refractivity contribution < 1.29 is 4.79 Å². The lowest BCUT2D eigenvalue weighted by Crippen LogP contribution is -2.24. The first-order chi connectivity index (χ1) is 8.13. The number of nitriles is 1. The van der Waals surface area contributed by atoms with Gasteiger partial charge in [0.05, 0.1) is 11.6 Å². The molecular weight excluding hydrogens is 280 g/mol. The molecule has 0 radical (unpaired) electrons. The third kappa shape index (κ3) is 2.33. The molecule has 1 aliphatic heterocycles. The fourth-order valence-electron chi connectivity index (χ4n) is 1.86. The van der Waals surface area contributed by atoms with Crippen LogP contribution in [0.3, 0.4) is 0 Å². The zero-order valence-electron chi connectivity index (χ0n) is 8.98. The maximum Gasteiger partial charge on any atom is 0.228 e. The summed E-state index contributed by atoms with van der Waals surface area (Å²) in [6.45, 7) is 0.524. The van der Waals surface area contributed by atoms with Gasteiger partial charge in [0.2, 0.25) is 5.91 Å². The number of amides is 1. The Hall–Kier alpha value is -1.78. The molecule has 1 fully saturated rings. The topological polar surface area (TPSA) is 44.1 Å². The number of benzene rings is 1. The maximum atomic E-state index is 11.8. The molecule has 1 heterocycles. The predicted octanol–water partition coefficient (Wildman–Crippen LogP) is 2.31. The van der Waals surface area contributed by atoms with E-state index in [9.17, 15) is 4.79 Å². The second-order valence-electron chi connectivity index (χ2n) is 3.88. The van der Waals surface area contributed by atoms with Crippen LogP contribution in [0.2, 0.25) is 0 Å². The molecule has 0 N–H and O–H groups in total. The average Bonchev–Trinajstić information content (AvgIpc) is 2.69. The van der Waals surface area contributed by atoms with E-state index in [0.29, 0.717) is 18.5 Å². The lowest BCUT2D eigenvalue weighted by molar-refractivity contribution is -0.117. The number of hydrogen-bond donors (Lipinski definition) is 0. The minimum Gasteiger partial charge on any atom is -0.311 e. The van der Waals surface area contributed by atoms with Gasteiger partial charge >= 0.3 is 0 Å². The lowest BCUT2D eigenvalue weighted by atomic mass is 10.1. The Bertz CT molecular complexity index is 554. The van der Waals surface area contributed by atoms with Gasteiger partial charge in [-0.25, -0.2) is 0 Å². The highest BCUT2D eigenvalue weighted by Crippen LogP contribution is 2.28. The molecule has 1 saturated heterocycles. The van der Waals surface area contributed by atoms with Gasteiger partial charge in [-0.2, -0.15) is 5.26 Å². The van der Waals surface area contributed by atoms with Crippen LogP contribution in [0.15, 0.2) is 22.7 Å². The van der Waals surface area contributed by atoms with Gasteiger partial charge in [-0.3, -0.25) is 4.79 Å². The van der Waals surface area contributed by atoms with Gasteiger partial charge in [0.15, 0.2) is 0 Å². The molecule has 1 aliphatic rings. The lowest BCUT2D eigenvalue weighted by Gasteiger charge is -2.16. The summed E-state index contributed by atoms with van der Waals surface area (Å²) in [7, 11) is 0. The van der Waals surface area contributed by atoms with Crippen LogP contribution in [0.5, 0.6) is 0 Å². The van der Waals surface area contributed by atoms with E-state index in [4.69, 9.17) is 11.7 Å². The molecule has 84 valence electrons. The third-order valence-electron chi connectivity index (χ3n) is 2.68. The van der Waals surface area contributed by atoms with Crippen LogP contribution >= 0.6 is 15.9 Å². The van der Waals surface area contributed by atoms with Crippen LogP contribution in [-0.4, -0.2) is 12.5 Å². The largest absolute Gasteiger partial charge is 0.311 e. The molecule has 0 saturated carbocycles. The summed E-state index contributed by atoms with van der Waals surface area (Å²) in [5.74, 6) is 2.57. The highest BCUT2D eigenvalue weighted by Gasteiger charge is 2.29. The maximum absolute atomic E-state index is 11.8. The fourth-order valence-corrected chi connectivity index (χ4v) is 2.34. The van der Waals surface area contributed by atoms with Crippen molar-refractivity contribution >= 4 is 27.5 Å². The number of carbonyl (C=O) groups is 1. The van der Waals surface area contributed by atoms with Crippen molar-refractivity contribution in [1.82, 2.24) is 0 Å². The Balaban J connectivity index is 2.36. The molecule has 1 aromatic rings. The number of halogens is 1. The summed E-state index contributed by atoms with van der Waals surface area (Å²) in [4.78, 5) is 13.4. The van der Waals surface area contributed by atoms with Crippen molar-refractivity contribution in [2.45, 2.75) is 6.42 Å². The van der Waals surface area contributed by atoms with Crippen LogP contribution in [0.1, 0.15) is 12.0 Å².